The van der Waals surface area contributed by atoms with E-state index in [9.17, 15) is 50.1 Å². The van der Waals surface area contributed by atoms with Gasteiger partial charge in [0.15, 0.2) is 0 Å². The lowest BCUT2D eigenvalue weighted by molar-refractivity contribution is -0.135. The molecule has 6 aliphatic heterocycles. The van der Waals surface area contributed by atoms with Gasteiger partial charge in [0, 0.05) is 62.1 Å². The Morgan fingerprint density at radius 1 is 0.655 bits per heavy atom. The molecule has 16 heteroatoms. The number of hydrogen-bond donors (Lipinski definition) is 4. The van der Waals surface area contributed by atoms with Crippen LogP contribution < -0.4 is 9.80 Å². The van der Waals surface area contributed by atoms with E-state index in [0.717, 1.165) is 9.80 Å². The summed E-state index contributed by atoms with van der Waals surface area (Å²) in [6.45, 7) is 2.90. The zero-order valence-corrected chi connectivity index (χ0v) is 31.4. The minimum absolute atomic E-state index is 0.170. The minimum atomic E-state index is -1.18. The van der Waals surface area contributed by atoms with Crippen LogP contribution in [0.5, 0.6) is 0 Å². The maximum absolute atomic E-state index is 13.5. The summed E-state index contributed by atoms with van der Waals surface area (Å²) in [7, 11) is 0. The highest BCUT2D eigenvalue weighted by molar-refractivity contribution is 6.27. The van der Waals surface area contributed by atoms with Gasteiger partial charge >= 0.3 is 0 Å². The number of carbonyl (C=O) groups is 4. The second-order valence-corrected chi connectivity index (χ2v) is 16.3. The van der Waals surface area contributed by atoms with Gasteiger partial charge in [0.25, 0.3) is 0 Å². The van der Waals surface area contributed by atoms with Gasteiger partial charge in [-0.2, -0.15) is 10.5 Å². The van der Waals surface area contributed by atoms with Crippen LogP contribution in [-0.4, -0.2) is 102 Å². The smallest absolute Gasteiger partial charge is 0.240 e. The van der Waals surface area contributed by atoms with Gasteiger partial charge in [-0.25, -0.2) is 9.80 Å². The van der Waals surface area contributed by atoms with Crippen molar-refractivity contribution in [3.8, 4) is 12.1 Å². The summed E-state index contributed by atoms with van der Waals surface area (Å²) in [5.74, 6) is -4.86. The SMILES string of the molecule is CC12OC(CCO)(C[C@@H]1O)[C@H]1C(=O)N(c3ccc(C#N)c4ncccc34)C(=O)[C@H]12.CC12OC(CCO)(C[C@@H]1O)[C@H]1C(=O)N(c3ccc(C#N)c4ncccc34)C(=O)[C@H]12. The molecule has 4 bridgehead atoms. The van der Waals surface area contributed by atoms with Crippen molar-refractivity contribution < 1.29 is 49.1 Å². The first-order valence-corrected chi connectivity index (χ1v) is 19.1. The van der Waals surface area contributed by atoms with E-state index in [2.05, 4.69) is 22.1 Å². The molecule has 4 unspecified atom stereocenters. The average molecular weight is 787 g/mol. The summed E-state index contributed by atoms with van der Waals surface area (Å²) in [4.78, 5) is 64.7. The van der Waals surface area contributed by atoms with Crippen LogP contribution in [-0.2, 0) is 28.7 Å². The van der Waals surface area contributed by atoms with Crippen molar-refractivity contribution in [1.82, 2.24) is 9.97 Å². The second kappa shape index (κ2) is 12.9. The van der Waals surface area contributed by atoms with Gasteiger partial charge in [-0.1, -0.05) is 0 Å². The number of carbonyl (C=O) groups excluding carboxylic acids is 4. The molecule has 0 aliphatic carbocycles. The number of aromatic nitrogens is 2. The van der Waals surface area contributed by atoms with Crippen molar-refractivity contribution in [1.29, 1.82) is 10.5 Å². The van der Waals surface area contributed by atoms with Crippen molar-refractivity contribution in [2.24, 2.45) is 23.7 Å². The van der Waals surface area contributed by atoms with E-state index in [1.807, 2.05) is 0 Å². The third-order valence-corrected chi connectivity index (χ3v) is 13.5. The number of aliphatic hydroxyl groups is 4. The number of amides is 4. The molecule has 4 aromatic rings. The molecule has 296 valence electrons. The molecule has 0 saturated carbocycles. The van der Waals surface area contributed by atoms with Crippen LogP contribution in [0.2, 0.25) is 0 Å². The van der Waals surface area contributed by atoms with Crippen molar-refractivity contribution >= 4 is 56.8 Å². The van der Waals surface area contributed by atoms with Crippen LogP contribution in [0.25, 0.3) is 21.8 Å². The summed E-state index contributed by atoms with van der Waals surface area (Å²) >= 11 is 0. The molecular weight excluding hydrogens is 748 g/mol. The number of nitriles is 2. The molecular formula is C42H38N6O10. The number of imide groups is 2. The standard InChI is InChI=1S/2C21H19N3O5/c2*1-20-14(26)9-21(29-20,6-8-25)16-15(20)18(27)24(19(16)28)13-5-4-11(10-22)17-12(13)3-2-7-23-17/h2*2-5,7,14-16,25-26H,6,8-9H2,1H3/t2*14-,15-,16+,20?,21?/m00/s1. The molecule has 58 heavy (non-hydrogen) atoms. The monoisotopic (exact) mass is 786 g/mol. The van der Waals surface area contributed by atoms with E-state index in [1.165, 1.54) is 0 Å². The predicted octanol–water partition coefficient (Wildman–Crippen LogP) is 1.77. The summed E-state index contributed by atoms with van der Waals surface area (Å²) in [5, 5.41) is 60.1. The summed E-state index contributed by atoms with van der Waals surface area (Å²) in [5.41, 5.74) is -2.20. The number of rotatable bonds is 6. The molecule has 6 aliphatic rings. The van der Waals surface area contributed by atoms with Crippen molar-refractivity contribution in [2.45, 2.75) is 74.1 Å². The molecule has 4 N–H and O–H groups in total. The predicted molar refractivity (Wildman–Crippen MR) is 201 cm³/mol. The van der Waals surface area contributed by atoms with E-state index in [0.29, 0.717) is 44.3 Å². The van der Waals surface area contributed by atoms with E-state index >= 15 is 0 Å². The Bertz CT molecular complexity index is 2400. The second-order valence-electron chi connectivity index (χ2n) is 16.3. The van der Waals surface area contributed by atoms with Crippen molar-refractivity contribution in [3.63, 3.8) is 0 Å². The lowest BCUT2D eigenvalue weighted by Crippen LogP contribution is -2.49. The van der Waals surface area contributed by atoms with Crippen LogP contribution in [0.15, 0.2) is 60.9 Å². The fraction of sp³-hybridized carbons (Fsp3) is 0.429. The minimum Gasteiger partial charge on any atom is -0.396 e. The largest absolute Gasteiger partial charge is 0.396 e. The lowest BCUT2D eigenvalue weighted by Gasteiger charge is -2.33. The Morgan fingerprint density at radius 3 is 1.40 bits per heavy atom. The molecule has 6 saturated heterocycles. The average Bonchev–Trinajstić information content (AvgIpc) is 3.96. The van der Waals surface area contributed by atoms with Gasteiger partial charge in [-0.15, -0.1) is 0 Å². The first-order chi connectivity index (χ1) is 27.8. The van der Waals surface area contributed by atoms with E-state index in [1.54, 1.807) is 74.8 Å². The van der Waals surface area contributed by atoms with Crippen LogP contribution in [0.1, 0.15) is 50.7 Å². The zero-order chi connectivity index (χ0) is 41.1. The maximum Gasteiger partial charge on any atom is 0.240 e. The van der Waals surface area contributed by atoms with Crippen molar-refractivity contribution in [3.05, 3.63) is 72.1 Å². The summed E-state index contributed by atoms with van der Waals surface area (Å²) in [6.07, 6.45) is 2.06. The van der Waals surface area contributed by atoms with Crippen LogP contribution in [0.4, 0.5) is 11.4 Å². The molecule has 6 fully saturated rings. The lowest BCUT2D eigenvalue weighted by atomic mass is 9.66. The van der Waals surface area contributed by atoms with Gasteiger partial charge in [-0.05, 0) is 62.4 Å². The Labute approximate surface area is 330 Å². The number of hydrogen-bond acceptors (Lipinski definition) is 14. The Kier molecular flexibility index (Phi) is 8.41. The number of aliphatic hydroxyl groups excluding tert-OH is 4. The van der Waals surface area contributed by atoms with Gasteiger partial charge in [0.1, 0.15) is 23.3 Å². The normalized spacial score (nSPS) is 35.4. The molecule has 16 nitrogen and oxygen atoms in total. The van der Waals surface area contributed by atoms with Crippen LogP contribution >= 0.6 is 0 Å². The Balaban J connectivity index is 0.000000150. The highest BCUT2D eigenvalue weighted by atomic mass is 16.6. The fourth-order valence-electron chi connectivity index (χ4n) is 11.0. The van der Waals surface area contributed by atoms with Crippen LogP contribution in [0.3, 0.4) is 0 Å². The molecule has 10 rings (SSSR count). The van der Waals surface area contributed by atoms with Gasteiger partial charge in [-0.3, -0.25) is 29.1 Å². The molecule has 10 atom stereocenters. The fourth-order valence-corrected chi connectivity index (χ4v) is 11.0. The molecule has 4 amide bonds. The number of anilines is 2. The number of nitrogens with zero attached hydrogens (tertiary/aromatic N) is 6. The van der Waals surface area contributed by atoms with Gasteiger partial charge in [0.2, 0.25) is 23.6 Å². The van der Waals surface area contributed by atoms with Gasteiger partial charge < -0.3 is 29.9 Å². The molecule has 2 aromatic carbocycles. The highest BCUT2D eigenvalue weighted by Crippen LogP contribution is 2.64. The zero-order valence-electron chi connectivity index (χ0n) is 31.4. The van der Waals surface area contributed by atoms with Crippen LogP contribution in [0, 0.1) is 46.3 Å². The summed E-state index contributed by atoms with van der Waals surface area (Å²) in [6, 6.07) is 17.2. The third kappa shape index (κ3) is 4.75. The number of benzene rings is 2. The molecule has 8 heterocycles. The number of ether oxygens (including phenoxy) is 2. The highest BCUT2D eigenvalue weighted by Gasteiger charge is 2.78. The third-order valence-electron chi connectivity index (χ3n) is 13.5. The van der Waals surface area contributed by atoms with E-state index in [-0.39, 0.29) is 38.9 Å². The quantitative estimate of drug-likeness (QED) is 0.204. The van der Waals surface area contributed by atoms with E-state index in [4.69, 9.17) is 9.47 Å². The van der Waals surface area contributed by atoms with Gasteiger partial charge in [0.05, 0.1) is 80.6 Å². The Hall–Kier alpha value is -5.72. The topological polar surface area (TPSA) is 247 Å². The van der Waals surface area contributed by atoms with Crippen molar-refractivity contribution in [2.75, 3.05) is 23.0 Å². The number of pyridine rings is 2. The maximum atomic E-state index is 13.5. The molecule has 2 aromatic heterocycles. The Morgan fingerprint density at radius 2 is 1.03 bits per heavy atom. The first-order valence-electron chi connectivity index (χ1n) is 19.1. The first kappa shape index (κ1) is 37.8. The summed E-state index contributed by atoms with van der Waals surface area (Å²) < 4.78 is 12.2. The molecule has 0 spiro atoms. The number of fused-ring (bicyclic) bond motifs is 12. The van der Waals surface area contributed by atoms with E-state index < -0.39 is 81.9 Å². The molecule has 0 radical (unpaired) electrons.